The topological polar surface area (TPSA) is 55.8 Å². The number of hydrogen-bond donors (Lipinski definition) is 1. The number of carbonyl (C=O) groups is 1. The van der Waals surface area contributed by atoms with Crippen LogP contribution in [0.4, 0.5) is 0 Å². The molecule has 0 bridgehead atoms. The van der Waals surface area contributed by atoms with E-state index in [1.807, 2.05) is 0 Å². The maximum Gasteiger partial charge on any atom is 0.306 e. The monoisotopic (exact) mass is 328 g/mol. The fraction of sp³-hybridized carbons (Fsp3) is 0.947. The van der Waals surface area contributed by atoms with Gasteiger partial charge in [0.2, 0.25) is 0 Å². The minimum Gasteiger partial charge on any atom is -0.481 e. The summed E-state index contributed by atoms with van der Waals surface area (Å²) in [5.74, 6) is 0.826. The van der Waals surface area contributed by atoms with E-state index in [1.54, 1.807) is 0 Å². The summed E-state index contributed by atoms with van der Waals surface area (Å²) in [6.45, 7) is 11.0. The molecule has 0 aromatic rings. The molecule has 5 unspecified atom stereocenters. The van der Waals surface area contributed by atoms with Crippen molar-refractivity contribution in [3.8, 4) is 0 Å². The minimum absolute atomic E-state index is 0.0263. The molecular weight excluding hydrogens is 292 g/mol. The van der Waals surface area contributed by atoms with Gasteiger partial charge in [0.1, 0.15) is 11.7 Å². The Hall–Kier alpha value is -0.610. The molecule has 1 aliphatic heterocycles. The molecule has 0 saturated carbocycles. The molecule has 0 aliphatic carbocycles. The van der Waals surface area contributed by atoms with E-state index in [-0.39, 0.29) is 24.0 Å². The van der Waals surface area contributed by atoms with Gasteiger partial charge in [-0.25, -0.2) is 9.78 Å². The lowest BCUT2D eigenvalue weighted by molar-refractivity contribution is -0.419. The molecule has 0 amide bonds. The third-order valence-corrected chi connectivity index (χ3v) is 5.28. The van der Waals surface area contributed by atoms with E-state index in [9.17, 15) is 4.79 Å². The highest BCUT2D eigenvalue weighted by atomic mass is 17.2. The van der Waals surface area contributed by atoms with Crippen molar-refractivity contribution in [1.82, 2.24) is 0 Å². The van der Waals surface area contributed by atoms with E-state index in [2.05, 4.69) is 34.6 Å². The molecule has 1 rings (SSSR count). The Morgan fingerprint density at radius 2 is 2.04 bits per heavy atom. The van der Waals surface area contributed by atoms with Crippen molar-refractivity contribution in [2.24, 2.45) is 17.8 Å². The first-order valence-corrected chi connectivity index (χ1v) is 9.39. The van der Waals surface area contributed by atoms with E-state index in [0.29, 0.717) is 5.92 Å². The highest BCUT2D eigenvalue weighted by Gasteiger charge is 2.41. The van der Waals surface area contributed by atoms with Crippen LogP contribution in [0, 0.1) is 17.8 Å². The van der Waals surface area contributed by atoms with Crippen LogP contribution in [0.5, 0.6) is 0 Å². The van der Waals surface area contributed by atoms with Gasteiger partial charge in [-0.3, -0.25) is 4.79 Å². The minimum atomic E-state index is -0.820. The zero-order chi connectivity index (χ0) is 17.5. The largest absolute Gasteiger partial charge is 0.481 e. The summed E-state index contributed by atoms with van der Waals surface area (Å²) in [6, 6.07) is 0. The molecule has 1 N–H and O–H groups in total. The first kappa shape index (κ1) is 20.4. The molecule has 0 aromatic carbocycles. The van der Waals surface area contributed by atoms with E-state index in [0.717, 1.165) is 25.2 Å². The molecule has 5 atom stereocenters. The predicted octanol–water partition coefficient (Wildman–Crippen LogP) is 5.21. The van der Waals surface area contributed by atoms with Crippen molar-refractivity contribution < 1.29 is 19.7 Å². The number of carboxylic acid groups (broad SMARTS) is 1. The van der Waals surface area contributed by atoms with E-state index < -0.39 is 5.97 Å². The smallest absolute Gasteiger partial charge is 0.306 e. The van der Waals surface area contributed by atoms with Crippen LogP contribution in [0.1, 0.15) is 86.0 Å². The molecule has 136 valence electrons. The Morgan fingerprint density at radius 1 is 1.35 bits per heavy atom. The van der Waals surface area contributed by atoms with Crippen LogP contribution in [-0.4, -0.2) is 22.8 Å². The van der Waals surface area contributed by atoms with Crippen molar-refractivity contribution in [2.45, 2.75) is 97.7 Å². The molecule has 4 heteroatoms. The van der Waals surface area contributed by atoms with Crippen molar-refractivity contribution in [3.63, 3.8) is 0 Å². The highest BCUT2D eigenvalue weighted by molar-refractivity contribution is 5.67. The summed E-state index contributed by atoms with van der Waals surface area (Å²) in [4.78, 5) is 22.1. The Labute approximate surface area is 141 Å². The van der Waals surface area contributed by atoms with Gasteiger partial charge in [0.15, 0.2) is 0 Å². The van der Waals surface area contributed by atoms with Gasteiger partial charge in [-0.15, -0.1) is 0 Å². The summed E-state index contributed by atoms with van der Waals surface area (Å²) in [5, 5.41) is 9.00. The maximum atomic E-state index is 10.9. The second-order valence-electron chi connectivity index (χ2n) is 7.75. The predicted molar refractivity (Wildman–Crippen MR) is 92.1 cm³/mol. The Bertz CT molecular complexity index is 357. The van der Waals surface area contributed by atoms with Gasteiger partial charge >= 0.3 is 5.97 Å². The van der Waals surface area contributed by atoms with Crippen LogP contribution < -0.4 is 0 Å². The summed E-state index contributed by atoms with van der Waals surface area (Å²) in [7, 11) is 0. The van der Waals surface area contributed by atoms with Crippen LogP contribution in [0.15, 0.2) is 0 Å². The third kappa shape index (κ3) is 6.80. The van der Waals surface area contributed by atoms with Gasteiger partial charge in [0, 0.05) is 0 Å². The first-order valence-electron chi connectivity index (χ1n) is 9.39. The van der Waals surface area contributed by atoms with Gasteiger partial charge in [-0.1, -0.05) is 53.4 Å². The molecule has 1 fully saturated rings. The van der Waals surface area contributed by atoms with Gasteiger partial charge in [-0.2, -0.15) is 0 Å². The lowest BCUT2D eigenvalue weighted by Gasteiger charge is -2.42. The van der Waals surface area contributed by atoms with Crippen molar-refractivity contribution in [2.75, 3.05) is 0 Å². The fourth-order valence-electron chi connectivity index (χ4n) is 4.16. The van der Waals surface area contributed by atoms with E-state index in [1.165, 1.54) is 25.7 Å². The molecule has 1 aliphatic rings. The number of carboxylic acids is 1. The Kier molecular flexibility index (Phi) is 8.56. The summed E-state index contributed by atoms with van der Waals surface area (Å²) < 4.78 is 0. The van der Waals surface area contributed by atoms with Crippen LogP contribution in [0.25, 0.3) is 0 Å². The van der Waals surface area contributed by atoms with E-state index in [4.69, 9.17) is 14.9 Å². The zero-order valence-corrected chi connectivity index (χ0v) is 15.6. The van der Waals surface area contributed by atoms with E-state index >= 15 is 0 Å². The molecule has 0 spiro atoms. The molecule has 4 nitrogen and oxygen atoms in total. The number of hydrogen-bond acceptors (Lipinski definition) is 3. The van der Waals surface area contributed by atoms with Crippen LogP contribution >= 0.6 is 0 Å². The average Bonchev–Trinajstić information content (AvgIpc) is 2.48. The van der Waals surface area contributed by atoms with Crippen LogP contribution in [0.2, 0.25) is 0 Å². The lowest BCUT2D eigenvalue weighted by Crippen LogP contribution is -2.45. The molecule has 1 saturated heterocycles. The second-order valence-corrected chi connectivity index (χ2v) is 7.75. The van der Waals surface area contributed by atoms with Crippen LogP contribution in [0.3, 0.4) is 0 Å². The summed E-state index contributed by atoms with van der Waals surface area (Å²) in [5.41, 5.74) is -0.292. The maximum absolute atomic E-state index is 10.9. The quantitative estimate of drug-likeness (QED) is 0.559. The summed E-state index contributed by atoms with van der Waals surface area (Å²) >= 11 is 0. The molecule has 23 heavy (non-hydrogen) atoms. The van der Waals surface area contributed by atoms with Gasteiger partial charge in [0.25, 0.3) is 0 Å². The standard InChI is InChI=1S/C19H36O4/c1-6-9-15(7-2)10-14(4)12-19(5)13-16(8-3)17(22-23-19)11-18(20)21/h14-17H,6-13H2,1-5H3,(H,20,21). The number of aliphatic carboxylic acids is 1. The van der Waals surface area contributed by atoms with Crippen molar-refractivity contribution >= 4 is 5.97 Å². The van der Waals surface area contributed by atoms with Crippen LogP contribution in [-0.2, 0) is 14.6 Å². The Morgan fingerprint density at radius 3 is 2.57 bits per heavy atom. The van der Waals surface area contributed by atoms with Gasteiger partial charge in [-0.05, 0) is 43.9 Å². The lowest BCUT2D eigenvalue weighted by atomic mass is 9.78. The zero-order valence-electron chi connectivity index (χ0n) is 15.6. The molecule has 0 radical (unpaired) electrons. The molecule has 0 aromatic heterocycles. The Balaban J connectivity index is 2.57. The van der Waals surface area contributed by atoms with Gasteiger partial charge < -0.3 is 5.11 Å². The first-order chi connectivity index (χ1) is 10.8. The molecule has 1 heterocycles. The summed E-state index contributed by atoms with van der Waals surface area (Å²) in [6.07, 6.45) is 7.52. The molecular formula is C19H36O4. The highest BCUT2D eigenvalue weighted by Crippen LogP contribution is 2.39. The fourth-order valence-corrected chi connectivity index (χ4v) is 4.16. The normalized spacial score (nSPS) is 30.8. The number of rotatable bonds is 10. The average molecular weight is 328 g/mol. The van der Waals surface area contributed by atoms with Gasteiger partial charge in [0.05, 0.1) is 6.42 Å². The SMILES string of the molecule is CCCC(CC)CC(C)CC1(C)CC(CC)C(CC(=O)O)OO1. The van der Waals surface area contributed by atoms with Crippen molar-refractivity contribution in [3.05, 3.63) is 0 Å². The third-order valence-electron chi connectivity index (χ3n) is 5.28. The van der Waals surface area contributed by atoms with Crippen molar-refractivity contribution in [1.29, 1.82) is 0 Å². The second kappa shape index (κ2) is 9.63.